The number of aliphatic hydroxyl groups is 1. The Morgan fingerprint density at radius 3 is 3.12 bits per heavy atom. The van der Waals surface area contributed by atoms with Gasteiger partial charge in [-0.15, -0.1) is 11.3 Å². The first kappa shape index (κ1) is 11.2. The molecule has 2 aromatic heterocycles. The van der Waals surface area contributed by atoms with Crippen molar-refractivity contribution in [3.63, 3.8) is 0 Å². The van der Waals surface area contributed by atoms with E-state index < -0.39 is 0 Å². The molecule has 3 rings (SSSR count). The van der Waals surface area contributed by atoms with E-state index in [1.165, 1.54) is 0 Å². The smallest absolute Gasteiger partial charge is 0.193 e. The first-order valence-electron chi connectivity index (χ1n) is 5.90. The number of aliphatic hydroxyl groups excluding tert-OH is 1. The van der Waals surface area contributed by atoms with Crippen LogP contribution in [0.1, 0.15) is 26.0 Å². The zero-order valence-electron chi connectivity index (χ0n) is 10.1. The van der Waals surface area contributed by atoms with Crippen LogP contribution < -0.4 is 5.32 Å². The van der Waals surface area contributed by atoms with E-state index in [1.807, 2.05) is 16.0 Å². The van der Waals surface area contributed by atoms with E-state index in [0.717, 1.165) is 23.6 Å². The fourth-order valence-electron chi connectivity index (χ4n) is 2.34. The number of aromatic nitrogens is 2. The van der Waals surface area contributed by atoms with Gasteiger partial charge in [-0.25, -0.2) is 4.98 Å². The van der Waals surface area contributed by atoms with Crippen molar-refractivity contribution in [2.75, 3.05) is 0 Å². The van der Waals surface area contributed by atoms with Gasteiger partial charge in [-0.3, -0.25) is 4.40 Å². The molecule has 0 radical (unpaired) electrons. The van der Waals surface area contributed by atoms with E-state index in [0.29, 0.717) is 6.04 Å². The summed E-state index contributed by atoms with van der Waals surface area (Å²) in [5, 5.41) is 15.2. The molecule has 2 N–H and O–H groups in total. The number of nitrogens with zero attached hydrogens (tertiary/aromatic N) is 2. The van der Waals surface area contributed by atoms with Gasteiger partial charge < -0.3 is 10.4 Å². The number of rotatable bonds is 3. The van der Waals surface area contributed by atoms with Crippen LogP contribution in [-0.4, -0.2) is 26.6 Å². The maximum atomic E-state index is 9.67. The summed E-state index contributed by atoms with van der Waals surface area (Å²) in [6.07, 6.45) is 4.74. The minimum Gasteiger partial charge on any atom is -0.392 e. The largest absolute Gasteiger partial charge is 0.392 e. The molecule has 1 saturated carbocycles. The number of fused-ring (bicyclic) bond motifs is 1. The van der Waals surface area contributed by atoms with Crippen LogP contribution in [0.4, 0.5) is 0 Å². The highest BCUT2D eigenvalue weighted by molar-refractivity contribution is 7.15. The standard InChI is InChI=1S/C12H17N3OS/c1-12(2)9(5-10(12)16)13-6-8-7-15-3-4-17-11(15)14-8/h3-4,7,9-10,13,16H,5-6H2,1-2H3. The summed E-state index contributed by atoms with van der Waals surface area (Å²) in [6.45, 7) is 4.98. The predicted molar refractivity (Wildman–Crippen MR) is 68.1 cm³/mol. The topological polar surface area (TPSA) is 49.6 Å². The highest BCUT2D eigenvalue weighted by Gasteiger charge is 2.46. The summed E-state index contributed by atoms with van der Waals surface area (Å²) in [5.41, 5.74) is 1.05. The molecule has 5 heteroatoms. The van der Waals surface area contributed by atoms with Gasteiger partial charge in [-0.05, 0) is 6.42 Å². The number of hydrogen-bond donors (Lipinski definition) is 2. The molecule has 1 fully saturated rings. The lowest BCUT2D eigenvalue weighted by molar-refractivity contribution is -0.0730. The minimum atomic E-state index is -0.175. The van der Waals surface area contributed by atoms with Gasteiger partial charge in [0.05, 0.1) is 11.8 Å². The van der Waals surface area contributed by atoms with Gasteiger partial charge in [0.2, 0.25) is 0 Å². The average molecular weight is 251 g/mol. The molecule has 0 aromatic carbocycles. The van der Waals surface area contributed by atoms with Crippen molar-refractivity contribution in [1.29, 1.82) is 0 Å². The maximum Gasteiger partial charge on any atom is 0.193 e. The molecule has 2 heterocycles. The maximum absolute atomic E-state index is 9.67. The molecule has 2 aromatic rings. The molecule has 0 aliphatic heterocycles. The Morgan fingerprint density at radius 1 is 1.65 bits per heavy atom. The zero-order valence-corrected chi connectivity index (χ0v) is 10.9. The Kier molecular flexibility index (Phi) is 2.50. The van der Waals surface area contributed by atoms with Gasteiger partial charge in [0, 0.05) is 35.8 Å². The van der Waals surface area contributed by atoms with Gasteiger partial charge in [-0.2, -0.15) is 0 Å². The second-order valence-electron chi connectivity index (χ2n) is 5.33. The van der Waals surface area contributed by atoms with Crippen LogP contribution in [-0.2, 0) is 6.54 Å². The number of thiazole rings is 1. The Hall–Kier alpha value is -0.910. The molecular weight excluding hydrogens is 234 g/mol. The fourth-order valence-corrected chi connectivity index (χ4v) is 3.06. The number of nitrogens with one attached hydrogen (secondary N) is 1. The monoisotopic (exact) mass is 251 g/mol. The van der Waals surface area contributed by atoms with Crippen LogP contribution in [0.2, 0.25) is 0 Å². The Bertz CT molecular complexity index is 502. The van der Waals surface area contributed by atoms with Crippen LogP contribution >= 0.6 is 11.3 Å². The van der Waals surface area contributed by atoms with Crippen molar-refractivity contribution in [2.45, 2.75) is 39.0 Å². The lowest BCUT2D eigenvalue weighted by Gasteiger charge is -2.49. The van der Waals surface area contributed by atoms with Gasteiger partial charge in [0.15, 0.2) is 4.96 Å². The van der Waals surface area contributed by atoms with Gasteiger partial charge in [0.25, 0.3) is 0 Å². The van der Waals surface area contributed by atoms with E-state index in [-0.39, 0.29) is 11.5 Å². The molecule has 1 aliphatic rings. The normalized spacial score (nSPS) is 27.2. The lowest BCUT2D eigenvalue weighted by atomic mass is 9.64. The Balaban J connectivity index is 1.63. The van der Waals surface area contributed by atoms with Crippen molar-refractivity contribution in [2.24, 2.45) is 5.41 Å². The van der Waals surface area contributed by atoms with Crippen LogP contribution in [0, 0.1) is 5.41 Å². The molecular formula is C12H17N3OS. The molecule has 92 valence electrons. The van der Waals surface area contributed by atoms with Crippen LogP contribution in [0.5, 0.6) is 0 Å². The third-order valence-electron chi connectivity index (χ3n) is 3.89. The number of hydrogen-bond acceptors (Lipinski definition) is 4. The zero-order chi connectivity index (χ0) is 12.0. The van der Waals surface area contributed by atoms with Crippen LogP contribution in [0.15, 0.2) is 17.8 Å². The first-order chi connectivity index (χ1) is 8.07. The van der Waals surface area contributed by atoms with Crippen molar-refractivity contribution >= 4 is 16.3 Å². The Labute approximate surface area is 104 Å². The third kappa shape index (κ3) is 1.78. The predicted octanol–water partition coefficient (Wildman–Crippen LogP) is 1.64. The molecule has 0 bridgehead atoms. The quantitative estimate of drug-likeness (QED) is 0.872. The molecule has 1 aliphatic carbocycles. The molecule has 0 amide bonds. The minimum absolute atomic E-state index is 0.0167. The van der Waals surface area contributed by atoms with E-state index >= 15 is 0 Å². The summed E-state index contributed by atoms with van der Waals surface area (Å²) >= 11 is 1.65. The van der Waals surface area contributed by atoms with Gasteiger partial charge in [-0.1, -0.05) is 13.8 Å². The number of imidazole rings is 1. The van der Waals surface area contributed by atoms with Gasteiger partial charge in [0.1, 0.15) is 0 Å². The van der Waals surface area contributed by atoms with Crippen molar-refractivity contribution in [3.8, 4) is 0 Å². The molecule has 4 nitrogen and oxygen atoms in total. The van der Waals surface area contributed by atoms with Crippen molar-refractivity contribution < 1.29 is 5.11 Å². The Morgan fingerprint density at radius 2 is 2.47 bits per heavy atom. The van der Waals surface area contributed by atoms with Gasteiger partial charge >= 0.3 is 0 Å². The van der Waals surface area contributed by atoms with Crippen LogP contribution in [0.3, 0.4) is 0 Å². The highest BCUT2D eigenvalue weighted by Crippen LogP contribution is 2.40. The summed E-state index contributed by atoms with van der Waals surface area (Å²) in [5.74, 6) is 0. The molecule has 0 saturated heterocycles. The fraction of sp³-hybridized carbons (Fsp3) is 0.583. The van der Waals surface area contributed by atoms with E-state index in [1.54, 1.807) is 11.3 Å². The average Bonchev–Trinajstić information content (AvgIpc) is 2.83. The van der Waals surface area contributed by atoms with Crippen molar-refractivity contribution in [1.82, 2.24) is 14.7 Å². The molecule has 2 atom stereocenters. The SMILES string of the molecule is CC1(C)C(O)CC1NCc1cn2ccsc2n1. The molecule has 0 spiro atoms. The summed E-state index contributed by atoms with van der Waals surface area (Å²) in [4.78, 5) is 5.56. The van der Waals surface area contributed by atoms with E-state index in [2.05, 4.69) is 30.3 Å². The van der Waals surface area contributed by atoms with Crippen molar-refractivity contribution in [3.05, 3.63) is 23.5 Å². The lowest BCUT2D eigenvalue weighted by Crippen LogP contribution is -2.59. The van der Waals surface area contributed by atoms with E-state index in [4.69, 9.17) is 0 Å². The van der Waals surface area contributed by atoms with E-state index in [9.17, 15) is 5.11 Å². The summed E-state index contributed by atoms with van der Waals surface area (Å²) < 4.78 is 2.04. The molecule has 17 heavy (non-hydrogen) atoms. The second kappa shape index (κ2) is 3.80. The highest BCUT2D eigenvalue weighted by atomic mass is 32.1. The first-order valence-corrected chi connectivity index (χ1v) is 6.78. The second-order valence-corrected chi connectivity index (χ2v) is 6.20. The van der Waals surface area contributed by atoms with Crippen LogP contribution in [0.25, 0.3) is 4.96 Å². The summed E-state index contributed by atoms with van der Waals surface area (Å²) in [7, 11) is 0. The third-order valence-corrected chi connectivity index (χ3v) is 4.66. The summed E-state index contributed by atoms with van der Waals surface area (Å²) in [6, 6.07) is 0.386. The molecule has 2 unspecified atom stereocenters.